The van der Waals surface area contributed by atoms with Crippen LogP contribution in [0.4, 0.5) is 0 Å². The first-order chi connectivity index (χ1) is 57.3. The van der Waals surface area contributed by atoms with Gasteiger partial charge in [-0.1, -0.05) is 67.3 Å². The van der Waals surface area contributed by atoms with E-state index >= 15 is 0 Å². The van der Waals surface area contributed by atoms with E-state index in [1.165, 1.54) is 0 Å². The van der Waals surface area contributed by atoms with E-state index in [4.69, 9.17) is 98.1 Å². The van der Waals surface area contributed by atoms with Gasteiger partial charge in [0, 0.05) is 71.4 Å². The summed E-state index contributed by atoms with van der Waals surface area (Å²) in [6.07, 6.45) is 21.1. The highest BCUT2D eigenvalue weighted by molar-refractivity contribution is 5.76. The van der Waals surface area contributed by atoms with Crippen LogP contribution in [0.2, 0.25) is 0 Å². The second-order valence-electron chi connectivity index (χ2n) is 24.8. The molecule has 0 spiro atoms. The molecule has 4 heterocycles. The Labute approximate surface area is 687 Å². The SMILES string of the molecule is C#CCOCC(COCC#C)(COCc1cn(CCOCCOCCNC(=O)CC)nn1)COCc1cn(CCOCCOCCNC(=O)CC)nn1.CCC(=O)NCCOCCOCCOCc1cn(CCOCCOCCNC(=O)CC)nn1.CCC(=O)NCCOCCOCCOCc1cn(CCOCCOCCNC=O)nn1. The molecule has 0 atom stereocenters. The zero-order valence-corrected chi connectivity index (χ0v) is 69.3. The van der Waals surface area contributed by atoms with E-state index in [2.05, 4.69) is 85.0 Å². The number of hydrogen-bond acceptors (Lipinski definition) is 32. The fourth-order valence-corrected chi connectivity index (χ4v) is 8.98. The molecule has 0 aliphatic heterocycles. The Morgan fingerprint density at radius 3 is 0.769 bits per heavy atom. The predicted molar refractivity (Wildman–Crippen MR) is 421 cm³/mol. The number of carbonyl (C=O) groups excluding carboxylic acids is 6. The van der Waals surface area contributed by atoms with Crippen LogP contribution in [0.15, 0.2) is 24.8 Å². The lowest BCUT2D eigenvalue weighted by atomic mass is 9.92. The molecule has 0 saturated heterocycles. The molecular weight excluding hydrogens is 1540 g/mol. The van der Waals surface area contributed by atoms with Gasteiger partial charge in [-0.25, -0.2) is 18.7 Å². The van der Waals surface area contributed by atoms with Crippen molar-refractivity contribution in [3.8, 4) is 24.7 Å². The van der Waals surface area contributed by atoms with Crippen LogP contribution in [-0.4, -0.2) is 347 Å². The van der Waals surface area contributed by atoms with Crippen LogP contribution in [-0.2, 0) is 167 Å². The average molecular weight is 1670 g/mol. The van der Waals surface area contributed by atoms with Gasteiger partial charge in [-0.05, 0) is 0 Å². The summed E-state index contributed by atoms with van der Waals surface area (Å²) in [7, 11) is 0. The van der Waals surface area contributed by atoms with Crippen LogP contribution < -0.4 is 31.9 Å². The van der Waals surface area contributed by atoms with Gasteiger partial charge < -0.3 is 117 Å². The monoisotopic (exact) mass is 1670 g/mol. The minimum Gasteiger partial charge on any atom is -0.377 e. The third-order valence-corrected chi connectivity index (χ3v) is 15.1. The van der Waals surface area contributed by atoms with Crippen LogP contribution in [0.1, 0.15) is 89.5 Å². The Balaban J connectivity index is 0.000000628. The molecular formula is C75H130N18O24. The second-order valence-corrected chi connectivity index (χ2v) is 24.8. The molecule has 42 nitrogen and oxygen atoms in total. The number of hydrogen-bond donors (Lipinski definition) is 6. The average Bonchev–Trinajstić information content (AvgIpc) is 1.03. The summed E-state index contributed by atoms with van der Waals surface area (Å²) in [5, 5.41) is 49.1. The van der Waals surface area contributed by atoms with Crippen molar-refractivity contribution < 1.29 is 114 Å². The van der Waals surface area contributed by atoms with E-state index in [9.17, 15) is 28.8 Å². The van der Waals surface area contributed by atoms with Crippen molar-refractivity contribution in [3.05, 3.63) is 47.6 Å². The van der Waals surface area contributed by atoms with Crippen molar-refractivity contribution in [1.82, 2.24) is 91.9 Å². The summed E-state index contributed by atoms with van der Waals surface area (Å²) in [5.41, 5.74) is 2.01. The van der Waals surface area contributed by atoms with Gasteiger partial charge in [-0.15, -0.1) is 33.2 Å². The fourth-order valence-electron chi connectivity index (χ4n) is 8.98. The zero-order chi connectivity index (χ0) is 84.6. The lowest BCUT2D eigenvalue weighted by Crippen LogP contribution is -2.41. The van der Waals surface area contributed by atoms with Gasteiger partial charge in [-0.2, -0.15) is 0 Å². The third-order valence-electron chi connectivity index (χ3n) is 15.1. The molecule has 4 aromatic rings. The molecule has 0 aliphatic rings. The minimum atomic E-state index is -0.741. The van der Waals surface area contributed by atoms with Crippen molar-refractivity contribution >= 4 is 35.9 Å². The quantitative estimate of drug-likeness (QED) is 0.0176. The van der Waals surface area contributed by atoms with Crippen molar-refractivity contribution in [2.75, 3.05) is 251 Å². The molecule has 0 aromatic carbocycles. The van der Waals surface area contributed by atoms with E-state index in [0.717, 1.165) is 11.4 Å². The predicted octanol–water partition coefficient (Wildman–Crippen LogP) is -0.945. The molecule has 6 amide bonds. The number of ether oxygens (including phenoxy) is 18. The van der Waals surface area contributed by atoms with Crippen LogP contribution in [0, 0.1) is 30.1 Å². The van der Waals surface area contributed by atoms with Gasteiger partial charge in [0.25, 0.3) is 0 Å². The Hall–Kier alpha value is -8.22. The van der Waals surface area contributed by atoms with Gasteiger partial charge in [0.1, 0.15) is 36.0 Å². The van der Waals surface area contributed by atoms with Crippen LogP contribution in [0.25, 0.3) is 0 Å². The molecule has 664 valence electrons. The van der Waals surface area contributed by atoms with E-state index < -0.39 is 5.41 Å². The number of carbonyl (C=O) groups is 6. The third kappa shape index (κ3) is 62.6. The lowest BCUT2D eigenvalue weighted by molar-refractivity contribution is -0.121. The Morgan fingerprint density at radius 1 is 0.316 bits per heavy atom. The number of nitrogens with zero attached hydrogens (tertiary/aromatic N) is 12. The summed E-state index contributed by atoms with van der Waals surface area (Å²) >= 11 is 0. The number of amides is 6. The number of nitrogens with one attached hydrogen (secondary N) is 6. The molecule has 0 saturated carbocycles. The maximum Gasteiger partial charge on any atom is 0.219 e. The summed E-state index contributed by atoms with van der Waals surface area (Å²) in [5.74, 6) is 5.02. The first-order valence-corrected chi connectivity index (χ1v) is 39.7. The van der Waals surface area contributed by atoms with E-state index in [1.54, 1.807) is 45.0 Å². The highest BCUT2D eigenvalue weighted by Gasteiger charge is 2.33. The molecule has 117 heavy (non-hydrogen) atoms. The topological polar surface area (TPSA) is 464 Å². The lowest BCUT2D eigenvalue weighted by Gasteiger charge is -2.32. The fraction of sp³-hybridized carbons (Fsp3) is 0.760. The van der Waals surface area contributed by atoms with E-state index in [0.29, 0.717) is 300 Å². The highest BCUT2D eigenvalue weighted by Crippen LogP contribution is 2.22. The molecule has 0 bridgehead atoms. The van der Waals surface area contributed by atoms with Gasteiger partial charge in [0.2, 0.25) is 35.9 Å². The van der Waals surface area contributed by atoms with Crippen molar-refractivity contribution in [1.29, 1.82) is 0 Å². The van der Waals surface area contributed by atoms with Gasteiger partial charge in [0.15, 0.2) is 0 Å². The Bertz CT molecular complexity index is 3060. The molecule has 0 aliphatic carbocycles. The summed E-state index contributed by atoms with van der Waals surface area (Å²) in [6.45, 7) is 28.3. The van der Waals surface area contributed by atoms with Crippen LogP contribution in [0.5, 0.6) is 0 Å². The molecule has 4 aromatic heterocycles. The van der Waals surface area contributed by atoms with Gasteiger partial charge in [-0.3, -0.25) is 28.8 Å². The maximum absolute atomic E-state index is 11.2. The smallest absolute Gasteiger partial charge is 0.219 e. The molecule has 4 rings (SSSR count). The Morgan fingerprint density at radius 2 is 0.530 bits per heavy atom. The maximum atomic E-state index is 11.2. The van der Waals surface area contributed by atoms with Crippen molar-refractivity contribution in [2.24, 2.45) is 5.41 Å². The van der Waals surface area contributed by atoms with Crippen molar-refractivity contribution in [2.45, 2.75) is 119 Å². The summed E-state index contributed by atoms with van der Waals surface area (Å²) in [4.78, 5) is 65.6. The highest BCUT2D eigenvalue weighted by atomic mass is 16.6. The number of rotatable bonds is 78. The first-order valence-electron chi connectivity index (χ1n) is 39.7. The normalized spacial score (nSPS) is 11.1. The van der Waals surface area contributed by atoms with E-state index in [1.807, 2.05) is 33.2 Å². The molecule has 0 unspecified atom stereocenters. The van der Waals surface area contributed by atoms with E-state index in [-0.39, 0.29) is 82.4 Å². The zero-order valence-electron chi connectivity index (χ0n) is 69.3. The van der Waals surface area contributed by atoms with Gasteiger partial charge in [0.05, 0.1) is 281 Å². The molecule has 42 heteroatoms. The van der Waals surface area contributed by atoms with Gasteiger partial charge >= 0.3 is 0 Å². The first kappa shape index (κ1) is 105. The standard InChI is InChI=1S/C35H56N8O10.C21H39N5O7.C19H35N5O7/c1-5-13-50-27-35(28-51-14-6-2,29-52-25-31-23-42(40-38-31)11-17-48-21-19-46-15-9-36-33(44)7-3)30-53-26-32-24-43(41-39-32)12-18-49-22-20-47-16-10-37-34(45)8-4;1-3-20(27)22-5-8-29-11-13-31-10-7-26-17-19(24-25-26)18-33-16-15-32-14-12-30-9-6-23-21(28)4-2;1-2-19(26)21-4-7-28-10-12-30-13-14-31-16-18-15-24(23-22-18)5-8-29-11-9-27-6-3-20-17-25/h1-2,23-24H,7-22,25-30H2,3-4H3,(H,36,44)(H,37,45);17H,3-16,18H2,1-2H3,(H,22,27)(H,23,28);15,17H,2-14,16H2,1H3,(H,20,25)(H,21,26). The molecule has 0 radical (unpaired) electrons. The number of terminal acetylenes is 2. The number of aromatic nitrogens is 12. The minimum absolute atomic E-state index is 0.000632. The molecule has 0 fully saturated rings. The summed E-state index contributed by atoms with van der Waals surface area (Å²) in [6, 6.07) is 0. The molecule has 6 N–H and O–H groups in total. The second kappa shape index (κ2) is 76.5. The largest absolute Gasteiger partial charge is 0.377 e. The van der Waals surface area contributed by atoms with Crippen LogP contribution >= 0.6 is 0 Å². The Kier molecular flexibility index (Phi) is 68.5. The van der Waals surface area contributed by atoms with Crippen LogP contribution in [0.3, 0.4) is 0 Å². The summed E-state index contributed by atoms with van der Waals surface area (Å²) < 4.78 is 107. The van der Waals surface area contributed by atoms with Crippen molar-refractivity contribution in [3.63, 3.8) is 0 Å².